The largest absolute Gasteiger partial charge is 0.462 e. The van der Waals surface area contributed by atoms with Crippen molar-refractivity contribution in [3.8, 4) is 5.75 Å². The molecule has 0 radical (unpaired) electrons. The first kappa shape index (κ1) is 16.8. The molecule has 0 saturated carbocycles. The molecule has 0 saturated heterocycles. The van der Waals surface area contributed by atoms with Gasteiger partial charge in [-0.3, -0.25) is 0 Å². The fourth-order valence-corrected chi connectivity index (χ4v) is 1.82. The highest BCUT2D eigenvalue weighted by molar-refractivity contribution is 9.10. The van der Waals surface area contributed by atoms with Crippen LogP contribution in [0.25, 0.3) is 0 Å². The molecule has 0 aliphatic rings. The van der Waals surface area contributed by atoms with Gasteiger partial charge in [-0.1, -0.05) is 11.6 Å². The van der Waals surface area contributed by atoms with Crippen molar-refractivity contribution < 1.29 is 23.8 Å². The first-order valence-electron chi connectivity index (χ1n) is 5.92. The van der Waals surface area contributed by atoms with Gasteiger partial charge in [-0.2, -0.15) is 0 Å². The number of esters is 2. The van der Waals surface area contributed by atoms with Crippen molar-refractivity contribution in [1.82, 2.24) is 0 Å². The highest BCUT2D eigenvalue weighted by atomic mass is 79.9. The van der Waals surface area contributed by atoms with Gasteiger partial charge >= 0.3 is 16.4 Å². The Bertz CT molecular complexity index is 456. The molecule has 0 amide bonds. The van der Waals surface area contributed by atoms with Crippen molar-refractivity contribution in [3.63, 3.8) is 0 Å². The van der Waals surface area contributed by atoms with Crippen molar-refractivity contribution >= 4 is 39.5 Å². The average molecular weight is 366 g/mol. The van der Waals surface area contributed by atoms with Crippen molar-refractivity contribution in [2.24, 2.45) is 0 Å². The second kappa shape index (κ2) is 7.50. The van der Waals surface area contributed by atoms with Crippen molar-refractivity contribution in [1.29, 1.82) is 0 Å². The minimum atomic E-state index is -2.03. The van der Waals surface area contributed by atoms with Crippen LogP contribution in [-0.4, -0.2) is 29.7 Å². The first-order valence-corrected chi connectivity index (χ1v) is 7.09. The Balaban J connectivity index is 3.00. The van der Waals surface area contributed by atoms with Gasteiger partial charge in [0, 0.05) is 5.02 Å². The van der Waals surface area contributed by atoms with Gasteiger partial charge in [0.15, 0.2) is 0 Å². The lowest BCUT2D eigenvalue weighted by Gasteiger charge is -2.24. The molecule has 1 aromatic carbocycles. The number of hydrogen-bond acceptors (Lipinski definition) is 5. The highest BCUT2D eigenvalue weighted by Crippen LogP contribution is 2.28. The minimum Gasteiger partial charge on any atom is -0.462 e. The number of alkyl halides is 1. The maximum Gasteiger partial charge on any atom is 0.374 e. The monoisotopic (exact) mass is 364 g/mol. The smallest absolute Gasteiger partial charge is 0.374 e. The van der Waals surface area contributed by atoms with E-state index in [1.165, 1.54) is 12.1 Å². The van der Waals surface area contributed by atoms with Crippen LogP contribution in [0.5, 0.6) is 5.75 Å². The molecule has 5 nitrogen and oxygen atoms in total. The summed E-state index contributed by atoms with van der Waals surface area (Å²) < 4.78 is 13.0. The summed E-state index contributed by atoms with van der Waals surface area (Å²) in [7, 11) is 0. The molecule has 110 valence electrons. The third kappa shape index (κ3) is 4.11. The van der Waals surface area contributed by atoms with Crippen LogP contribution in [0.3, 0.4) is 0 Å². The summed E-state index contributed by atoms with van der Waals surface area (Å²) >= 11 is 8.73. The van der Waals surface area contributed by atoms with E-state index in [-0.39, 0.29) is 19.0 Å². The molecule has 1 rings (SSSR count). The lowest BCUT2D eigenvalue weighted by atomic mass is 10.3. The summed E-state index contributed by atoms with van der Waals surface area (Å²) in [5, 5.41) is 0.504. The predicted molar refractivity (Wildman–Crippen MR) is 77.0 cm³/mol. The summed E-state index contributed by atoms with van der Waals surface area (Å²) in [4.78, 5) is 23.9. The summed E-state index contributed by atoms with van der Waals surface area (Å²) in [6, 6.07) is 6.19. The maximum absolute atomic E-state index is 11.9. The number of carbonyl (C=O) groups is 2. The van der Waals surface area contributed by atoms with Gasteiger partial charge in [0.2, 0.25) is 0 Å². The van der Waals surface area contributed by atoms with E-state index in [0.29, 0.717) is 5.02 Å². The second-order valence-corrected chi connectivity index (χ2v) is 5.15. The van der Waals surface area contributed by atoms with Crippen molar-refractivity contribution in [2.45, 2.75) is 18.4 Å². The molecule has 0 fully saturated rings. The number of hydrogen-bond donors (Lipinski definition) is 0. The first-order chi connectivity index (χ1) is 9.43. The molecular formula is C13H14BrClO5. The molecule has 0 spiro atoms. The van der Waals surface area contributed by atoms with Crippen LogP contribution in [0, 0.1) is 0 Å². The fraction of sp³-hybridized carbons (Fsp3) is 0.385. The zero-order chi connectivity index (χ0) is 15.2. The molecule has 0 aliphatic heterocycles. The van der Waals surface area contributed by atoms with E-state index in [2.05, 4.69) is 15.9 Å². The van der Waals surface area contributed by atoms with Gasteiger partial charge in [-0.25, -0.2) is 9.59 Å². The highest BCUT2D eigenvalue weighted by Gasteiger charge is 2.50. The molecule has 0 bridgehead atoms. The quantitative estimate of drug-likeness (QED) is 0.441. The molecular weight excluding hydrogens is 351 g/mol. The molecule has 0 aromatic heterocycles. The molecule has 7 heteroatoms. The van der Waals surface area contributed by atoms with Crippen LogP contribution in [0.2, 0.25) is 5.02 Å². The normalized spacial score (nSPS) is 10.8. The van der Waals surface area contributed by atoms with Crippen LogP contribution < -0.4 is 4.74 Å². The average Bonchev–Trinajstić information content (AvgIpc) is 2.41. The SMILES string of the molecule is CCOC(=O)C(Br)(Oc1ccc(Cl)cc1)C(=O)OCC. The number of benzene rings is 1. The van der Waals surface area contributed by atoms with E-state index in [1.54, 1.807) is 26.0 Å². The Morgan fingerprint density at radius 3 is 1.95 bits per heavy atom. The zero-order valence-electron chi connectivity index (χ0n) is 11.0. The summed E-state index contributed by atoms with van der Waals surface area (Å²) in [6.45, 7) is 3.46. The van der Waals surface area contributed by atoms with Gasteiger partial charge in [0.1, 0.15) is 5.75 Å². The molecule has 0 atom stereocenters. The Hall–Kier alpha value is -1.27. The zero-order valence-corrected chi connectivity index (χ0v) is 13.4. The number of carbonyl (C=O) groups excluding carboxylic acids is 2. The molecule has 0 heterocycles. The maximum atomic E-state index is 11.9. The molecule has 0 aliphatic carbocycles. The Morgan fingerprint density at radius 2 is 1.55 bits per heavy atom. The molecule has 20 heavy (non-hydrogen) atoms. The van der Waals surface area contributed by atoms with Gasteiger partial charge < -0.3 is 14.2 Å². The second-order valence-electron chi connectivity index (χ2n) is 3.59. The van der Waals surface area contributed by atoms with Crippen molar-refractivity contribution in [2.75, 3.05) is 13.2 Å². The lowest BCUT2D eigenvalue weighted by Crippen LogP contribution is -2.48. The predicted octanol–water partition coefficient (Wildman–Crippen LogP) is 2.94. The molecule has 0 N–H and O–H groups in total. The number of rotatable bonds is 6. The summed E-state index contributed by atoms with van der Waals surface area (Å²) in [6.07, 6.45) is 0. The topological polar surface area (TPSA) is 61.8 Å². The minimum absolute atomic E-state index is 0.107. The van der Waals surface area contributed by atoms with E-state index in [1.807, 2.05) is 0 Å². The van der Waals surface area contributed by atoms with Crippen LogP contribution in [-0.2, 0) is 19.1 Å². The number of ether oxygens (including phenoxy) is 3. The van der Waals surface area contributed by atoms with Crippen LogP contribution in [0.1, 0.15) is 13.8 Å². The third-order valence-corrected chi connectivity index (χ3v) is 3.21. The van der Waals surface area contributed by atoms with Gasteiger partial charge in [0.25, 0.3) is 0 Å². The van der Waals surface area contributed by atoms with E-state index in [9.17, 15) is 9.59 Å². The van der Waals surface area contributed by atoms with E-state index in [0.717, 1.165) is 0 Å². The lowest BCUT2D eigenvalue weighted by molar-refractivity contribution is -0.169. The molecule has 1 aromatic rings. The Morgan fingerprint density at radius 1 is 1.10 bits per heavy atom. The van der Waals surface area contributed by atoms with E-state index >= 15 is 0 Å². The van der Waals surface area contributed by atoms with Gasteiger partial charge in [-0.15, -0.1) is 0 Å². The van der Waals surface area contributed by atoms with Gasteiger partial charge in [0.05, 0.1) is 13.2 Å². The van der Waals surface area contributed by atoms with Crippen LogP contribution >= 0.6 is 27.5 Å². The standard InChI is InChI=1S/C13H14BrClO5/c1-3-18-11(16)13(14,12(17)19-4-2)20-10-7-5-9(15)6-8-10/h5-8H,3-4H2,1-2H3. The third-order valence-electron chi connectivity index (χ3n) is 2.15. The van der Waals surface area contributed by atoms with E-state index in [4.69, 9.17) is 25.8 Å². The van der Waals surface area contributed by atoms with Crippen molar-refractivity contribution in [3.05, 3.63) is 29.3 Å². The Labute approximate surface area is 130 Å². The number of halogens is 2. The Kier molecular flexibility index (Phi) is 6.29. The van der Waals surface area contributed by atoms with Gasteiger partial charge in [-0.05, 0) is 54.0 Å². The molecule has 0 unspecified atom stereocenters. The fourth-order valence-electron chi connectivity index (χ4n) is 1.28. The summed E-state index contributed by atoms with van der Waals surface area (Å²) in [5.74, 6) is -1.49. The summed E-state index contributed by atoms with van der Waals surface area (Å²) in [5.41, 5.74) is 0. The van der Waals surface area contributed by atoms with Crippen LogP contribution in [0.15, 0.2) is 24.3 Å². The van der Waals surface area contributed by atoms with Crippen LogP contribution in [0.4, 0.5) is 0 Å². The van der Waals surface area contributed by atoms with E-state index < -0.39 is 16.4 Å².